The van der Waals surface area contributed by atoms with Crippen LogP contribution in [0.2, 0.25) is 0 Å². The van der Waals surface area contributed by atoms with E-state index >= 15 is 0 Å². The van der Waals surface area contributed by atoms with Crippen LogP contribution in [-0.4, -0.2) is 53.6 Å². The minimum atomic E-state index is -1.19. The van der Waals surface area contributed by atoms with Crippen molar-refractivity contribution in [1.29, 1.82) is 0 Å². The van der Waals surface area contributed by atoms with Gasteiger partial charge in [0.2, 0.25) is 0 Å². The number of hydrogen-bond acceptors (Lipinski definition) is 5. The molecule has 3 N–H and O–H groups in total. The van der Waals surface area contributed by atoms with Crippen molar-refractivity contribution in [2.24, 2.45) is 0 Å². The van der Waals surface area contributed by atoms with E-state index in [4.69, 9.17) is 20.1 Å². The van der Waals surface area contributed by atoms with Gasteiger partial charge in [-0.05, 0) is 0 Å². The number of hydrogen-bond donors (Lipinski definition) is 3. The summed E-state index contributed by atoms with van der Waals surface area (Å²) in [5.41, 5.74) is 0. The van der Waals surface area contributed by atoms with E-state index in [0.717, 1.165) is 0 Å². The number of methoxy groups -OCH3 is 1. The van der Waals surface area contributed by atoms with Gasteiger partial charge in [0.1, 0.15) is 18.3 Å². The second kappa shape index (κ2) is 3.46. The summed E-state index contributed by atoms with van der Waals surface area (Å²) in [6.45, 7) is -0.0171. The lowest BCUT2D eigenvalue weighted by molar-refractivity contribution is -0.261. The number of aliphatic hydroxyl groups is 3. The van der Waals surface area contributed by atoms with Gasteiger partial charge in [-0.3, -0.25) is 0 Å². The van der Waals surface area contributed by atoms with E-state index in [2.05, 4.69) is 4.74 Å². The Hall–Kier alpha value is -0.200. The molecule has 1 aliphatic rings. The Morgan fingerprint density at radius 3 is 2.45 bits per heavy atom. The highest BCUT2D eigenvalue weighted by atomic mass is 16.7. The van der Waals surface area contributed by atoms with E-state index in [-0.39, 0.29) is 6.61 Å². The molecule has 5 heteroatoms. The molecule has 0 aromatic rings. The van der Waals surface area contributed by atoms with Gasteiger partial charge < -0.3 is 24.8 Å². The normalized spacial score (nSPS) is 45.8. The van der Waals surface area contributed by atoms with Gasteiger partial charge in [-0.25, -0.2) is 0 Å². The monoisotopic (exact) mass is 164 g/mol. The van der Waals surface area contributed by atoms with E-state index in [9.17, 15) is 0 Å². The molecule has 1 fully saturated rings. The molecule has 1 heterocycles. The third-order valence-corrected chi connectivity index (χ3v) is 1.69. The molecule has 1 saturated heterocycles. The van der Waals surface area contributed by atoms with E-state index in [1.165, 1.54) is 7.11 Å². The van der Waals surface area contributed by atoms with Crippen LogP contribution in [0.1, 0.15) is 0 Å². The SMILES string of the molecule is COC1OCC(O)C(O)C1O. The Balaban J connectivity index is 2.52. The second-order valence-electron chi connectivity index (χ2n) is 2.49. The average molecular weight is 164 g/mol. The molecule has 0 saturated carbocycles. The Kier molecular flexibility index (Phi) is 2.80. The lowest BCUT2D eigenvalue weighted by Gasteiger charge is -2.33. The van der Waals surface area contributed by atoms with Gasteiger partial charge in [0, 0.05) is 7.11 Å². The van der Waals surface area contributed by atoms with Crippen molar-refractivity contribution in [3.05, 3.63) is 0 Å². The third kappa shape index (κ3) is 1.69. The van der Waals surface area contributed by atoms with Crippen LogP contribution >= 0.6 is 0 Å². The average Bonchev–Trinajstić information content (AvgIpc) is 2.01. The molecule has 0 amide bonds. The fourth-order valence-corrected chi connectivity index (χ4v) is 0.987. The molecule has 0 aromatic heterocycles. The summed E-state index contributed by atoms with van der Waals surface area (Å²) in [6.07, 6.45) is -4.23. The Bertz CT molecular complexity index is 126. The summed E-state index contributed by atoms with van der Waals surface area (Å²) < 4.78 is 9.52. The molecular formula is C6H12O5. The Morgan fingerprint density at radius 2 is 1.91 bits per heavy atom. The van der Waals surface area contributed by atoms with Crippen molar-refractivity contribution in [2.45, 2.75) is 24.6 Å². The molecule has 5 nitrogen and oxygen atoms in total. The first-order chi connectivity index (χ1) is 5.16. The Morgan fingerprint density at radius 1 is 1.27 bits per heavy atom. The summed E-state index contributed by atoms with van der Waals surface area (Å²) in [4.78, 5) is 0. The van der Waals surface area contributed by atoms with Gasteiger partial charge in [0.25, 0.3) is 0 Å². The van der Waals surface area contributed by atoms with Gasteiger partial charge in [-0.2, -0.15) is 0 Å². The summed E-state index contributed by atoms with van der Waals surface area (Å²) >= 11 is 0. The molecule has 4 unspecified atom stereocenters. The van der Waals surface area contributed by atoms with Crippen molar-refractivity contribution in [1.82, 2.24) is 0 Å². The number of ether oxygens (including phenoxy) is 2. The van der Waals surface area contributed by atoms with Crippen molar-refractivity contribution < 1.29 is 24.8 Å². The molecule has 0 aliphatic carbocycles. The van der Waals surface area contributed by atoms with Crippen LogP contribution in [-0.2, 0) is 9.47 Å². The van der Waals surface area contributed by atoms with E-state index in [0.29, 0.717) is 0 Å². The zero-order chi connectivity index (χ0) is 8.43. The first-order valence-electron chi connectivity index (χ1n) is 3.35. The van der Waals surface area contributed by atoms with Gasteiger partial charge in [0.05, 0.1) is 6.61 Å². The van der Waals surface area contributed by atoms with Crippen molar-refractivity contribution in [2.75, 3.05) is 13.7 Å². The molecule has 0 aromatic carbocycles. The highest BCUT2D eigenvalue weighted by Crippen LogP contribution is 2.15. The predicted octanol–water partition coefficient (Wildman–Crippen LogP) is -1.93. The lowest BCUT2D eigenvalue weighted by atomic mass is 10.1. The highest BCUT2D eigenvalue weighted by molar-refractivity contribution is 4.81. The molecule has 66 valence electrons. The zero-order valence-electron chi connectivity index (χ0n) is 6.17. The van der Waals surface area contributed by atoms with Gasteiger partial charge >= 0.3 is 0 Å². The Labute approximate surface area is 64.2 Å². The van der Waals surface area contributed by atoms with Crippen molar-refractivity contribution in [3.63, 3.8) is 0 Å². The second-order valence-corrected chi connectivity index (χ2v) is 2.49. The van der Waals surface area contributed by atoms with Crippen LogP contribution in [0, 0.1) is 0 Å². The van der Waals surface area contributed by atoms with Crippen LogP contribution in [0.25, 0.3) is 0 Å². The van der Waals surface area contributed by atoms with E-state index < -0.39 is 24.6 Å². The molecule has 1 rings (SSSR count). The van der Waals surface area contributed by atoms with Gasteiger partial charge in [-0.1, -0.05) is 0 Å². The predicted molar refractivity (Wildman–Crippen MR) is 34.8 cm³/mol. The van der Waals surface area contributed by atoms with Crippen LogP contribution in [0.4, 0.5) is 0 Å². The van der Waals surface area contributed by atoms with E-state index in [1.54, 1.807) is 0 Å². The van der Waals surface area contributed by atoms with Crippen LogP contribution in [0.15, 0.2) is 0 Å². The van der Waals surface area contributed by atoms with Crippen LogP contribution in [0.3, 0.4) is 0 Å². The molecule has 0 spiro atoms. The summed E-state index contributed by atoms with van der Waals surface area (Å²) in [7, 11) is 1.36. The first kappa shape index (κ1) is 8.89. The zero-order valence-corrected chi connectivity index (χ0v) is 6.17. The van der Waals surface area contributed by atoms with E-state index in [1.807, 2.05) is 0 Å². The van der Waals surface area contributed by atoms with Crippen molar-refractivity contribution in [3.8, 4) is 0 Å². The first-order valence-corrected chi connectivity index (χ1v) is 3.35. The van der Waals surface area contributed by atoms with Crippen molar-refractivity contribution >= 4 is 0 Å². The molecule has 1 aliphatic heterocycles. The maximum Gasteiger partial charge on any atom is 0.185 e. The molecule has 0 radical (unpaired) electrons. The fourth-order valence-electron chi connectivity index (χ4n) is 0.987. The highest BCUT2D eigenvalue weighted by Gasteiger charge is 2.37. The molecule has 11 heavy (non-hydrogen) atoms. The lowest BCUT2D eigenvalue weighted by Crippen LogP contribution is -2.53. The maximum absolute atomic E-state index is 9.15. The fraction of sp³-hybridized carbons (Fsp3) is 1.00. The smallest absolute Gasteiger partial charge is 0.185 e. The standard InChI is InChI=1S/C6H12O5/c1-10-6-5(9)4(8)3(7)2-11-6/h3-9H,2H2,1H3. The summed E-state index contributed by atoms with van der Waals surface area (Å²) in [5, 5.41) is 27.2. The van der Waals surface area contributed by atoms with Crippen LogP contribution < -0.4 is 0 Å². The molecular weight excluding hydrogens is 152 g/mol. The number of aliphatic hydroxyl groups excluding tert-OH is 3. The largest absolute Gasteiger partial charge is 0.388 e. The third-order valence-electron chi connectivity index (χ3n) is 1.69. The van der Waals surface area contributed by atoms with Gasteiger partial charge in [-0.15, -0.1) is 0 Å². The van der Waals surface area contributed by atoms with Crippen LogP contribution in [0.5, 0.6) is 0 Å². The molecule has 4 atom stereocenters. The maximum atomic E-state index is 9.15. The minimum absolute atomic E-state index is 0.0171. The quantitative estimate of drug-likeness (QED) is 0.420. The summed E-state index contributed by atoms with van der Waals surface area (Å²) in [5.74, 6) is 0. The molecule has 0 bridgehead atoms. The van der Waals surface area contributed by atoms with Gasteiger partial charge in [0.15, 0.2) is 6.29 Å². The minimum Gasteiger partial charge on any atom is -0.388 e. The summed E-state index contributed by atoms with van der Waals surface area (Å²) in [6, 6.07) is 0. The topological polar surface area (TPSA) is 79.2 Å². The number of rotatable bonds is 1.